The molecule has 2 atom stereocenters. The smallest absolute Gasteiger partial charge is 0.328 e. The maximum atomic E-state index is 11.5. The molecule has 1 unspecified atom stereocenters. The first-order valence-electron chi connectivity index (χ1n) is 5.27. The summed E-state index contributed by atoms with van der Waals surface area (Å²) in [5, 5.41) is 22.9. The largest absolute Gasteiger partial charge is 0.480 e. The molecule has 4 N–H and O–H groups in total. The van der Waals surface area contributed by atoms with Gasteiger partial charge in [0.05, 0.1) is 12.6 Å². The van der Waals surface area contributed by atoms with Gasteiger partial charge >= 0.3 is 12.0 Å². The van der Waals surface area contributed by atoms with E-state index in [9.17, 15) is 9.59 Å². The number of aromatic nitrogens is 1. The number of hydrogen-bond donors (Lipinski definition) is 4. The van der Waals surface area contributed by atoms with Crippen molar-refractivity contribution < 1.29 is 19.8 Å². The molecule has 18 heavy (non-hydrogen) atoms. The second kappa shape index (κ2) is 6.31. The molecule has 2 amide bonds. The molecule has 1 aromatic heterocycles. The van der Waals surface area contributed by atoms with Gasteiger partial charge in [0.2, 0.25) is 0 Å². The number of carboxylic acids is 1. The minimum atomic E-state index is -1.31. The molecule has 1 heterocycles. The third-order valence-electron chi connectivity index (χ3n) is 2.14. The maximum absolute atomic E-state index is 11.5. The van der Waals surface area contributed by atoms with E-state index in [2.05, 4.69) is 15.6 Å². The van der Waals surface area contributed by atoms with Gasteiger partial charge in [-0.1, -0.05) is 0 Å². The van der Waals surface area contributed by atoms with Crippen molar-refractivity contribution in [3.05, 3.63) is 16.1 Å². The van der Waals surface area contributed by atoms with Crippen LogP contribution in [0.2, 0.25) is 0 Å². The average molecular weight is 273 g/mol. The number of hydrogen-bond acceptors (Lipinski definition) is 5. The van der Waals surface area contributed by atoms with Crippen LogP contribution in [0.5, 0.6) is 0 Å². The molecule has 0 radical (unpaired) electrons. The number of rotatable bonds is 5. The van der Waals surface area contributed by atoms with Gasteiger partial charge in [0.15, 0.2) is 6.04 Å². The molecule has 1 aromatic rings. The summed E-state index contributed by atoms with van der Waals surface area (Å²) in [4.78, 5) is 27.2. The van der Waals surface area contributed by atoms with Crippen LogP contribution in [0.3, 0.4) is 0 Å². The Morgan fingerprint density at radius 1 is 1.50 bits per heavy atom. The fourth-order valence-corrected chi connectivity index (χ4v) is 1.99. The van der Waals surface area contributed by atoms with Crippen molar-refractivity contribution in [1.82, 2.24) is 15.6 Å². The highest BCUT2D eigenvalue weighted by molar-refractivity contribution is 7.11. The highest BCUT2D eigenvalue weighted by Gasteiger charge is 2.20. The van der Waals surface area contributed by atoms with Gasteiger partial charge in [-0.05, 0) is 13.8 Å². The van der Waals surface area contributed by atoms with Crippen LogP contribution >= 0.6 is 11.3 Å². The Kier molecular flexibility index (Phi) is 5.05. The lowest BCUT2D eigenvalue weighted by Gasteiger charge is -2.15. The van der Waals surface area contributed by atoms with Crippen molar-refractivity contribution in [2.75, 3.05) is 6.61 Å². The van der Waals surface area contributed by atoms with Gasteiger partial charge in [-0.2, -0.15) is 0 Å². The standard InChI is InChI=1S/C10H15N3O4S/c1-5-3-11-8(18-5)6(2)12-10(17)13-7(4-14)9(15)16/h3,6-7,14H,4H2,1-2H3,(H,15,16)(H2,12,13,17)/t6?,7-/m1/s1. The number of thiazole rings is 1. The van der Waals surface area contributed by atoms with Crippen LogP contribution in [0, 0.1) is 6.92 Å². The number of carbonyl (C=O) groups is 2. The summed E-state index contributed by atoms with van der Waals surface area (Å²) in [5.74, 6) is -1.29. The normalized spacial score (nSPS) is 13.7. The average Bonchev–Trinajstić information content (AvgIpc) is 2.72. The minimum absolute atomic E-state index is 0.322. The second-order valence-corrected chi connectivity index (χ2v) is 4.99. The zero-order valence-electron chi connectivity index (χ0n) is 10.0. The first-order valence-corrected chi connectivity index (χ1v) is 6.08. The Balaban J connectivity index is 2.52. The number of aliphatic hydroxyl groups excluding tert-OH is 1. The number of nitrogens with one attached hydrogen (secondary N) is 2. The number of aliphatic hydroxyl groups is 1. The summed E-state index contributed by atoms with van der Waals surface area (Å²) in [6, 6.07) is -2.29. The SMILES string of the molecule is Cc1cnc(C(C)NC(=O)N[C@H](CO)C(=O)O)s1. The molecule has 0 spiro atoms. The molecule has 0 saturated heterocycles. The van der Waals surface area contributed by atoms with Gasteiger partial charge in [0.1, 0.15) is 5.01 Å². The van der Waals surface area contributed by atoms with E-state index in [1.54, 1.807) is 13.1 Å². The molecule has 7 nitrogen and oxygen atoms in total. The van der Waals surface area contributed by atoms with Crippen LogP contribution in [0.25, 0.3) is 0 Å². The molecule has 0 aliphatic rings. The molecule has 0 aliphatic heterocycles. The first kappa shape index (κ1) is 14.4. The van der Waals surface area contributed by atoms with Gasteiger partial charge in [0, 0.05) is 11.1 Å². The molecule has 0 saturated carbocycles. The lowest BCUT2D eigenvalue weighted by atomic mass is 10.3. The summed E-state index contributed by atoms with van der Waals surface area (Å²) in [5.41, 5.74) is 0. The van der Waals surface area contributed by atoms with Gasteiger partial charge in [-0.25, -0.2) is 14.6 Å². The molecule has 100 valence electrons. The van der Waals surface area contributed by atoms with Crippen LogP contribution in [0.4, 0.5) is 4.79 Å². The lowest BCUT2D eigenvalue weighted by molar-refractivity contribution is -0.140. The number of carbonyl (C=O) groups excluding carboxylic acids is 1. The van der Waals surface area contributed by atoms with Crippen molar-refractivity contribution in [2.45, 2.75) is 25.9 Å². The quantitative estimate of drug-likeness (QED) is 0.615. The zero-order chi connectivity index (χ0) is 13.7. The molecular weight excluding hydrogens is 258 g/mol. The van der Waals surface area contributed by atoms with E-state index in [4.69, 9.17) is 10.2 Å². The van der Waals surface area contributed by atoms with E-state index >= 15 is 0 Å². The fourth-order valence-electron chi connectivity index (χ4n) is 1.22. The summed E-state index contributed by atoms with van der Waals surface area (Å²) in [7, 11) is 0. The van der Waals surface area contributed by atoms with Crippen LogP contribution in [0.1, 0.15) is 22.9 Å². The van der Waals surface area contributed by atoms with Crippen molar-refractivity contribution >= 4 is 23.3 Å². The summed E-state index contributed by atoms with van der Waals surface area (Å²) >= 11 is 1.45. The van der Waals surface area contributed by atoms with E-state index in [0.717, 1.165) is 9.88 Å². The number of urea groups is 1. The number of amides is 2. The van der Waals surface area contributed by atoms with Crippen molar-refractivity contribution in [1.29, 1.82) is 0 Å². The van der Waals surface area contributed by atoms with E-state index in [1.807, 2.05) is 6.92 Å². The molecule has 8 heteroatoms. The number of aryl methyl sites for hydroxylation is 1. The van der Waals surface area contributed by atoms with Crippen LogP contribution < -0.4 is 10.6 Å². The third-order valence-corrected chi connectivity index (χ3v) is 3.24. The highest BCUT2D eigenvalue weighted by atomic mass is 32.1. The molecule has 0 aromatic carbocycles. The molecular formula is C10H15N3O4S. The van der Waals surface area contributed by atoms with Crippen molar-refractivity contribution in [2.24, 2.45) is 0 Å². The summed E-state index contributed by atoms with van der Waals surface area (Å²) in [6.45, 7) is 2.99. The Morgan fingerprint density at radius 2 is 2.17 bits per heavy atom. The predicted molar refractivity (Wildman–Crippen MR) is 65.4 cm³/mol. The maximum Gasteiger partial charge on any atom is 0.328 e. The van der Waals surface area contributed by atoms with E-state index in [-0.39, 0.29) is 6.04 Å². The summed E-state index contributed by atoms with van der Waals surface area (Å²) < 4.78 is 0. The molecule has 0 fully saturated rings. The van der Waals surface area contributed by atoms with E-state index in [1.165, 1.54) is 11.3 Å². The van der Waals surface area contributed by atoms with Gasteiger partial charge in [0.25, 0.3) is 0 Å². The Hall–Kier alpha value is -1.67. The fraction of sp³-hybridized carbons (Fsp3) is 0.500. The van der Waals surface area contributed by atoms with Gasteiger partial charge in [-0.3, -0.25) is 0 Å². The second-order valence-electron chi connectivity index (χ2n) is 3.72. The van der Waals surface area contributed by atoms with E-state index < -0.39 is 24.6 Å². The third kappa shape index (κ3) is 3.97. The van der Waals surface area contributed by atoms with Crippen molar-refractivity contribution in [3.63, 3.8) is 0 Å². The Labute approximate surface area is 108 Å². The van der Waals surface area contributed by atoms with Crippen LogP contribution in [-0.4, -0.2) is 39.8 Å². The molecule has 0 aliphatic carbocycles. The van der Waals surface area contributed by atoms with E-state index in [0.29, 0.717) is 0 Å². The van der Waals surface area contributed by atoms with Gasteiger partial charge in [-0.15, -0.1) is 11.3 Å². The highest BCUT2D eigenvalue weighted by Crippen LogP contribution is 2.18. The van der Waals surface area contributed by atoms with Crippen LogP contribution in [0.15, 0.2) is 6.20 Å². The van der Waals surface area contributed by atoms with Crippen LogP contribution in [-0.2, 0) is 4.79 Å². The Bertz CT molecular complexity index is 435. The molecule has 1 rings (SSSR count). The Morgan fingerprint density at radius 3 is 2.61 bits per heavy atom. The first-order chi connectivity index (χ1) is 8.43. The zero-order valence-corrected chi connectivity index (χ0v) is 10.8. The van der Waals surface area contributed by atoms with Gasteiger partial charge < -0.3 is 20.8 Å². The lowest BCUT2D eigenvalue weighted by Crippen LogP contribution is -2.48. The number of carboxylic acid groups (broad SMARTS) is 1. The topological polar surface area (TPSA) is 112 Å². The molecule has 0 bridgehead atoms. The number of aliphatic carboxylic acids is 1. The number of nitrogens with zero attached hydrogens (tertiary/aromatic N) is 1. The minimum Gasteiger partial charge on any atom is -0.480 e. The predicted octanol–water partition coefficient (Wildman–Crippen LogP) is 0.257. The monoisotopic (exact) mass is 273 g/mol. The van der Waals surface area contributed by atoms with Crippen molar-refractivity contribution in [3.8, 4) is 0 Å². The summed E-state index contributed by atoms with van der Waals surface area (Å²) in [6.07, 6.45) is 1.70.